The third-order valence-corrected chi connectivity index (χ3v) is 5.36. The molecule has 0 bridgehead atoms. The van der Waals surface area contributed by atoms with Crippen molar-refractivity contribution in [2.75, 3.05) is 16.8 Å². The molecule has 4 nitrogen and oxygen atoms in total. The van der Waals surface area contributed by atoms with Crippen LogP contribution in [0.15, 0.2) is 77.3 Å². The first-order valence-corrected chi connectivity index (χ1v) is 9.98. The van der Waals surface area contributed by atoms with Crippen LogP contribution in [0.5, 0.6) is 0 Å². The van der Waals surface area contributed by atoms with Gasteiger partial charge in [-0.3, -0.25) is 9.59 Å². The van der Waals surface area contributed by atoms with Crippen LogP contribution in [0.4, 0.5) is 11.4 Å². The van der Waals surface area contributed by atoms with Crippen LogP contribution in [-0.4, -0.2) is 18.4 Å². The van der Waals surface area contributed by atoms with E-state index in [-0.39, 0.29) is 11.8 Å². The van der Waals surface area contributed by atoms with E-state index in [4.69, 9.17) is 0 Å². The Morgan fingerprint density at radius 2 is 1.64 bits per heavy atom. The molecule has 0 aromatic heterocycles. The summed E-state index contributed by atoms with van der Waals surface area (Å²) in [7, 11) is 0. The molecule has 1 heterocycles. The van der Waals surface area contributed by atoms with Gasteiger partial charge in [0.2, 0.25) is 0 Å². The van der Waals surface area contributed by atoms with E-state index in [0.29, 0.717) is 23.4 Å². The average Bonchev–Trinajstić information content (AvgIpc) is 2.74. The van der Waals surface area contributed by atoms with Crippen LogP contribution in [0, 0.1) is 0 Å². The SMILES string of the molecule is O=C(Nc1ccc2c(c1)N(C(=O)c1ccccc1)CCC2)c1ccc(Br)cc1. The Kier molecular flexibility index (Phi) is 5.26. The lowest BCUT2D eigenvalue weighted by Crippen LogP contribution is -2.35. The molecular formula is C23H19BrN2O2. The maximum absolute atomic E-state index is 13.0. The van der Waals surface area contributed by atoms with E-state index in [1.165, 1.54) is 0 Å². The number of nitrogens with zero attached hydrogens (tertiary/aromatic N) is 1. The predicted molar refractivity (Wildman–Crippen MR) is 115 cm³/mol. The van der Waals surface area contributed by atoms with Gasteiger partial charge in [0.1, 0.15) is 0 Å². The number of anilines is 2. The van der Waals surface area contributed by atoms with Crippen LogP contribution in [0.25, 0.3) is 0 Å². The highest BCUT2D eigenvalue weighted by Crippen LogP contribution is 2.31. The van der Waals surface area contributed by atoms with Gasteiger partial charge in [0, 0.05) is 33.5 Å². The molecule has 0 saturated carbocycles. The Hall–Kier alpha value is -2.92. The number of hydrogen-bond acceptors (Lipinski definition) is 2. The highest BCUT2D eigenvalue weighted by atomic mass is 79.9. The molecule has 0 saturated heterocycles. The van der Waals surface area contributed by atoms with E-state index >= 15 is 0 Å². The summed E-state index contributed by atoms with van der Waals surface area (Å²) in [5.41, 5.74) is 3.92. The standard InChI is InChI=1S/C23H19BrN2O2/c24-19-11-8-17(9-12-19)22(27)25-20-13-10-16-7-4-14-26(21(16)15-20)23(28)18-5-2-1-3-6-18/h1-3,5-6,8-13,15H,4,7,14H2,(H,25,27). The molecular weight excluding hydrogens is 416 g/mol. The Morgan fingerprint density at radius 3 is 2.39 bits per heavy atom. The molecule has 140 valence electrons. The predicted octanol–water partition coefficient (Wildman–Crippen LogP) is 5.29. The molecule has 1 aliphatic heterocycles. The van der Waals surface area contributed by atoms with Crippen molar-refractivity contribution in [3.8, 4) is 0 Å². The van der Waals surface area contributed by atoms with E-state index in [1.807, 2.05) is 65.6 Å². The van der Waals surface area contributed by atoms with Crippen molar-refractivity contribution < 1.29 is 9.59 Å². The minimum atomic E-state index is -0.177. The number of rotatable bonds is 3. The first-order chi connectivity index (χ1) is 13.6. The second-order valence-electron chi connectivity index (χ2n) is 6.73. The van der Waals surface area contributed by atoms with Crippen LogP contribution in [0.1, 0.15) is 32.7 Å². The van der Waals surface area contributed by atoms with Gasteiger partial charge in [-0.1, -0.05) is 40.2 Å². The monoisotopic (exact) mass is 434 g/mol. The van der Waals surface area contributed by atoms with E-state index in [2.05, 4.69) is 21.2 Å². The van der Waals surface area contributed by atoms with E-state index in [9.17, 15) is 9.59 Å². The normalized spacial score (nSPS) is 13.0. The molecule has 0 aliphatic carbocycles. The second-order valence-corrected chi connectivity index (χ2v) is 7.65. The van der Waals surface area contributed by atoms with Gasteiger partial charge >= 0.3 is 0 Å². The largest absolute Gasteiger partial charge is 0.322 e. The summed E-state index contributed by atoms with van der Waals surface area (Å²) in [6.45, 7) is 0.671. The number of hydrogen-bond donors (Lipinski definition) is 1. The van der Waals surface area contributed by atoms with Crippen LogP contribution in [0.2, 0.25) is 0 Å². The quantitative estimate of drug-likeness (QED) is 0.608. The molecule has 3 aromatic rings. The Balaban J connectivity index is 1.60. The van der Waals surface area contributed by atoms with Crippen LogP contribution in [0.3, 0.4) is 0 Å². The van der Waals surface area contributed by atoms with E-state index in [0.717, 1.165) is 28.6 Å². The van der Waals surface area contributed by atoms with Crippen molar-refractivity contribution in [3.05, 3.63) is 94.0 Å². The smallest absolute Gasteiger partial charge is 0.258 e. The van der Waals surface area contributed by atoms with Gasteiger partial charge in [0.05, 0.1) is 0 Å². The number of nitrogens with one attached hydrogen (secondary N) is 1. The molecule has 3 aromatic carbocycles. The van der Waals surface area contributed by atoms with E-state index < -0.39 is 0 Å². The molecule has 1 N–H and O–H groups in total. The van der Waals surface area contributed by atoms with Crippen molar-refractivity contribution in [2.24, 2.45) is 0 Å². The van der Waals surface area contributed by atoms with Crippen molar-refractivity contribution >= 4 is 39.1 Å². The molecule has 5 heteroatoms. The zero-order valence-corrected chi connectivity index (χ0v) is 16.8. The third-order valence-electron chi connectivity index (χ3n) is 4.83. The van der Waals surface area contributed by atoms with Gasteiger partial charge in [0.25, 0.3) is 11.8 Å². The maximum Gasteiger partial charge on any atom is 0.258 e. The molecule has 2 amide bonds. The number of benzene rings is 3. The Labute approximate surface area is 172 Å². The molecule has 0 atom stereocenters. The van der Waals surface area contributed by atoms with E-state index in [1.54, 1.807) is 12.1 Å². The second kappa shape index (κ2) is 7.98. The zero-order valence-electron chi connectivity index (χ0n) is 15.2. The maximum atomic E-state index is 13.0. The topological polar surface area (TPSA) is 49.4 Å². The Bertz CT molecular complexity index is 1020. The van der Waals surface area contributed by atoms with Gasteiger partial charge in [-0.25, -0.2) is 0 Å². The lowest BCUT2D eigenvalue weighted by molar-refractivity contribution is 0.0984. The van der Waals surface area contributed by atoms with Crippen molar-refractivity contribution in [3.63, 3.8) is 0 Å². The third kappa shape index (κ3) is 3.85. The van der Waals surface area contributed by atoms with Crippen LogP contribution in [-0.2, 0) is 6.42 Å². The molecule has 1 aliphatic rings. The lowest BCUT2D eigenvalue weighted by atomic mass is 10.00. The minimum Gasteiger partial charge on any atom is -0.322 e. The summed E-state index contributed by atoms with van der Waals surface area (Å²) in [6, 6.07) is 22.3. The molecule has 28 heavy (non-hydrogen) atoms. The fraction of sp³-hybridized carbons (Fsp3) is 0.130. The number of carbonyl (C=O) groups is 2. The number of aryl methyl sites for hydroxylation is 1. The van der Waals surface area contributed by atoms with Gasteiger partial charge in [-0.15, -0.1) is 0 Å². The summed E-state index contributed by atoms with van der Waals surface area (Å²) in [5, 5.41) is 2.93. The highest BCUT2D eigenvalue weighted by Gasteiger charge is 2.24. The lowest BCUT2D eigenvalue weighted by Gasteiger charge is -2.30. The summed E-state index contributed by atoms with van der Waals surface area (Å²) in [6.07, 6.45) is 1.85. The summed E-state index contributed by atoms with van der Waals surface area (Å²) in [5.74, 6) is -0.192. The molecule has 0 fully saturated rings. The van der Waals surface area contributed by atoms with Gasteiger partial charge in [-0.05, 0) is 66.9 Å². The fourth-order valence-corrected chi connectivity index (χ4v) is 3.67. The van der Waals surface area contributed by atoms with Gasteiger partial charge in [0.15, 0.2) is 0 Å². The average molecular weight is 435 g/mol. The minimum absolute atomic E-state index is 0.0158. The molecule has 4 rings (SSSR count). The Morgan fingerprint density at radius 1 is 0.893 bits per heavy atom. The van der Waals surface area contributed by atoms with Crippen molar-refractivity contribution in [2.45, 2.75) is 12.8 Å². The van der Waals surface area contributed by atoms with Crippen LogP contribution >= 0.6 is 15.9 Å². The first-order valence-electron chi connectivity index (χ1n) is 9.18. The van der Waals surface area contributed by atoms with Crippen molar-refractivity contribution in [1.82, 2.24) is 0 Å². The number of carbonyl (C=O) groups excluding carboxylic acids is 2. The fourth-order valence-electron chi connectivity index (χ4n) is 3.40. The highest BCUT2D eigenvalue weighted by molar-refractivity contribution is 9.10. The molecule has 0 spiro atoms. The molecule has 0 radical (unpaired) electrons. The summed E-state index contributed by atoms with van der Waals surface area (Å²) in [4.78, 5) is 27.3. The van der Waals surface area contributed by atoms with Gasteiger partial charge in [-0.2, -0.15) is 0 Å². The molecule has 0 unspecified atom stereocenters. The van der Waals surface area contributed by atoms with Crippen LogP contribution < -0.4 is 10.2 Å². The summed E-state index contributed by atoms with van der Waals surface area (Å²) < 4.78 is 0.924. The van der Waals surface area contributed by atoms with Crippen molar-refractivity contribution in [1.29, 1.82) is 0 Å². The summed E-state index contributed by atoms with van der Waals surface area (Å²) >= 11 is 3.37. The number of amides is 2. The first kappa shape index (κ1) is 18.4. The zero-order chi connectivity index (χ0) is 19.5. The number of fused-ring (bicyclic) bond motifs is 1. The van der Waals surface area contributed by atoms with Gasteiger partial charge < -0.3 is 10.2 Å². The number of halogens is 1.